The van der Waals surface area contributed by atoms with Crippen molar-refractivity contribution in [2.24, 2.45) is 0 Å². The molecule has 0 fully saturated rings. The van der Waals surface area contributed by atoms with E-state index in [1.807, 2.05) is 26.8 Å². The van der Waals surface area contributed by atoms with Crippen LogP contribution in [0.3, 0.4) is 0 Å². The number of ether oxygens (including phenoxy) is 2. The minimum Gasteiger partial charge on any atom is -0.346 e. The van der Waals surface area contributed by atoms with Crippen LogP contribution in [0.1, 0.15) is 35.3 Å². The standard InChI is InChI=1S/C11H16O3S/c1-4-13-11(3,14-5-2)10-7-6-9(8-12)15-10/h6-8H,4-5H2,1-3H3. The zero-order valence-corrected chi connectivity index (χ0v) is 10.1. The van der Waals surface area contributed by atoms with Crippen LogP contribution >= 0.6 is 11.3 Å². The van der Waals surface area contributed by atoms with Gasteiger partial charge in [0.15, 0.2) is 6.29 Å². The van der Waals surface area contributed by atoms with Gasteiger partial charge in [-0.2, -0.15) is 0 Å². The smallest absolute Gasteiger partial charge is 0.201 e. The lowest BCUT2D eigenvalue weighted by Crippen LogP contribution is -2.28. The van der Waals surface area contributed by atoms with Crippen molar-refractivity contribution in [1.82, 2.24) is 0 Å². The summed E-state index contributed by atoms with van der Waals surface area (Å²) in [6.07, 6.45) is 0.840. The van der Waals surface area contributed by atoms with Crippen molar-refractivity contribution in [1.29, 1.82) is 0 Å². The Hall–Kier alpha value is -0.710. The Morgan fingerprint density at radius 1 is 1.33 bits per heavy atom. The fourth-order valence-electron chi connectivity index (χ4n) is 1.40. The number of thiophene rings is 1. The molecule has 0 N–H and O–H groups in total. The summed E-state index contributed by atoms with van der Waals surface area (Å²) in [6, 6.07) is 3.66. The van der Waals surface area contributed by atoms with Gasteiger partial charge >= 0.3 is 0 Å². The zero-order valence-electron chi connectivity index (χ0n) is 9.28. The highest BCUT2D eigenvalue weighted by atomic mass is 32.1. The number of carbonyl (C=O) groups is 1. The van der Waals surface area contributed by atoms with Gasteiger partial charge in [-0.1, -0.05) is 0 Å². The minimum absolute atomic E-state index is 0.574. The van der Waals surface area contributed by atoms with E-state index >= 15 is 0 Å². The van der Waals surface area contributed by atoms with E-state index < -0.39 is 5.79 Å². The number of carbonyl (C=O) groups excluding carboxylic acids is 1. The summed E-state index contributed by atoms with van der Waals surface area (Å²) in [4.78, 5) is 12.2. The first-order chi connectivity index (χ1) is 7.16. The van der Waals surface area contributed by atoms with Gasteiger partial charge in [0.1, 0.15) is 0 Å². The Morgan fingerprint density at radius 2 is 1.93 bits per heavy atom. The molecular weight excluding hydrogens is 212 g/mol. The Balaban J connectivity index is 2.91. The van der Waals surface area contributed by atoms with Crippen LogP contribution in [0, 0.1) is 0 Å². The second kappa shape index (κ2) is 5.39. The largest absolute Gasteiger partial charge is 0.346 e. The van der Waals surface area contributed by atoms with Crippen LogP contribution in [0.2, 0.25) is 0 Å². The van der Waals surface area contributed by atoms with Crippen molar-refractivity contribution in [3.05, 3.63) is 21.9 Å². The lowest BCUT2D eigenvalue weighted by Gasteiger charge is -2.27. The quantitative estimate of drug-likeness (QED) is 0.555. The molecule has 0 saturated heterocycles. The molecule has 0 atom stereocenters. The molecule has 15 heavy (non-hydrogen) atoms. The number of hydrogen-bond donors (Lipinski definition) is 0. The normalized spacial score (nSPS) is 11.7. The molecule has 1 aromatic heterocycles. The lowest BCUT2D eigenvalue weighted by molar-refractivity contribution is -0.227. The molecule has 1 rings (SSSR count). The van der Waals surface area contributed by atoms with Gasteiger partial charge < -0.3 is 9.47 Å². The molecule has 0 saturated carbocycles. The SMILES string of the molecule is CCOC(C)(OCC)c1ccc(C=O)s1. The van der Waals surface area contributed by atoms with Gasteiger partial charge in [0.25, 0.3) is 0 Å². The highest BCUT2D eigenvalue weighted by Gasteiger charge is 2.29. The van der Waals surface area contributed by atoms with Crippen LogP contribution < -0.4 is 0 Å². The van der Waals surface area contributed by atoms with E-state index in [-0.39, 0.29) is 0 Å². The van der Waals surface area contributed by atoms with Crippen molar-refractivity contribution in [2.45, 2.75) is 26.6 Å². The van der Waals surface area contributed by atoms with Crippen LogP contribution in [0.25, 0.3) is 0 Å². The summed E-state index contributed by atoms with van der Waals surface area (Å²) in [5.41, 5.74) is 0. The summed E-state index contributed by atoms with van der Waals surface area (Å²) in [6.45, 7) is 6.87. The van der Waals surface area contributed by atoms with Gasteiger partial charge in [0, 0.05) is 13.2 Å². The maximum atomic E-state index is 10.6. The van der Waals surface area contributed by atoms with E-state index in [0.717, 1.165) is 11.2 Å². The molecule has 0 unspecified atom stereocenters. The molecule has 0 aliphatic heterocycles. The van der Waals surface area contributed by atoms with Crippen LogP contribution in [-0.4, -0.2) is 19.5 Å². The maximum absolute atomic E-state index is 10.6. The first-order valence-corrected chi connectivity index (χ1v) is 5.81. The van der Waals surface area contributed by atoms with Crippen LogP contribution in [0.5, 0.6) is 0 Å². The fraction of sp³-hybridized carbons (Fsp3) is 0.545. The highest BCUT2D eigenvalue weighted by molar-refractivity contribution is 7.13. The molecule has 0 spiro atoms. The van der Waals surface area contributed by atoms with Crippen LogP contribution in [0.15, 0.2) is 12.1 Å². The third-order valence-electron chi connectivity index (χ3n) is 2.03. The summed E-state index contributed by atoms with van der Waals surface area (Å²) in [5, 5.41) is 0. The van der Waals surface area contributed by atoms with Crippen LogP contribution in [-0.2, 0) is 15.3 Å². The monoisotopic (exact) mass is 228 g/mol. The predicted octanol–water partition coefficient (Wildman–Crippen LogP) is 2.81. The van der Waals surface area contributed by atoms with Gasteiger partial charge in [0.05, 0.1) is 9.75 Å². The zero-order chi connectivity index (χ0) is 11.3. The number of rotatable bonds is 6. The van der Waals surface area contributed by atoms with Crippen molar-refractivity contribution < 1.29 is 14.3 Å². The van der Waals surface area contributed by atoms with Crippen LogP contribution in [0.4, 0.5) is 0 Å². The van der Waals surface area contributed by atoms with E-state index in [2.05, 4.69) is 0 Å². The molecule has 0 bridgehead atoms. The Bertz CT molecular complexity index is 313. The molecule has 1 aromatic rings. The molecule has 0 radical (unpaired) electrons. The topological polar surface area (TPSA) is 35.5 Å². The van der Waals surface area contributed by atoms with Crippen molar-refractivity contribution >= 4 is 17.6 Å². The second-order valence-corrected chi connectivity index (χ2v) is 4.25. The molecule has 0 amide bonds. The number of hydrogen-bond acceptors (Lipinski definition) is 4. The first-order valence-electron chi connectivity index (χ1n) is 4.99. The first kappa shape index (κ1) is 12.4. The third kappa shape index (κ3) is 2.87. The Morgan fingerprint density at radius 3 is 2.33 bits per heavy atom. The predicted molar refractivity (Wildman–Crippen MR) is 60.3 cm³/mol. The summed E-state index contributed by atoms with van der Waals surface area (Å²) >= 11 is 1.40. The fourth-order valence-corrected chi connectivity index (χ4v) is 2.27. The Labute approximate surface area is 94.0 Å². The molecular formula is C11H16O3S. The average Bonchev–Trinajstić information content (AvgIpc) is 2.67. The molecule has 1 heterocycles. The molecule has 3 nitrogen and oxygen atoms in total. The molecule has 84 valence electrons. The van der Waals surface area contributed by atoms with E-state index in [0.29, 0.717) is 18.1 Å². The van der Waals surface area contributed by atoms with Gasteiger partial charge in [-0.25, -0.2) is 0 Å². The highest BCUT2D eigenvalue weighted by Crippen LogP contribution is 2.32. The third-order valence-corrected chi connectivity index (χ3v) is 3.22. The molecule has 4 heteroatoms. The van der Waals surface area contributed by atoms with E-state index in [9.17, 15) is 4.79 Å². The van der Waals surface area contributed by atoms with E-state index in [1.54, 1.807) is 6.07 Å². The Kier molecular flexibility index (Phi) is 4.45. The second-order valence-electron chi connectivity index (χ2n) is 3.13. The van der Waals surface area contributed by atoms with Crippen molar-refractivity contribution in [3.63, 3.8) is 0 Å². The molecule has 0 aromatic carbocycles. The van der Waals surface area contributed by atoms with Crippen molar-refractivity contribution in [3.8, 4) is 0 Å². The minimum atomic E-state index is -0.727. The summed E-state index contributed by atoms with van der Waals surface area (Å²) in [7, 11) is 0. The van der Waals surface area contributed by atoms with Crippen molar-refractivity contribution in [2.75, 3.05) is 13.2 Å². The lowest BCUT2D eigenvalue weighted by atomic mass is 10.2. The van der Waals surface area contributed by atoms with Gasteiger partial charge in [-0.15, -0.1) is 11.3 Å². The molecule has 0 aliphatic carbocycles. The van der Waals surface area contributed by atoms with Gasteiger partial charge in [-0.3, -0.25) is 4.79 Å². The maximum Gasteiger partial charge on any atom is 0.201 e. The van der Waals surface area contributed by atoms with Gasteiger partial charge in [0.2, 0.25) is 5.79 Å². The molecule has 0 aliphatic rings. The average molecular weight is 228 g/mol. The van der Waals surface area contributed by atoms with E-state index in [1.165, 1.54) is 11.3 Å². The van der Waals surface area contributed by atoms with Gasteiger partial charge in [-0.05, 0) is 32.9 Å². The number of aldehydes is 1. The summed E-state index contributed by atoms with van der Waals surface area (Å²) < 4.78 is 11.2. The van der Waals surface area contributed by atoms with E-state index in [4.69, 9.17) is 9.47 Å². The summed E-state index contributed by atoms with van der Waals surface area (Å²) in [5.74, 6) is -0.727.